The first-order valence-corrected chi connectivity index (χ1v) is 8.08. The molecule has 1 aliphatic heterocycles. The summed E-state index contributed by atoms with van der Waals surface area (Å²) in [5.74, 6) is 0.0182. The van der Waals surface area contributed by atoms with Gasteiger partial charge in [-0.1, -0.05) is 0 Å². The quantitative estimate of drug-likeness (QED) is 0.784. The maximum atomic E-state index is 13.7. The third-order valence-electron chi connectivity index (χ3n) is 4.00. The molecule has 1 aliphatic rings. The van der Waals surface area contributed by atoms with Gasteiger partial charge in [0.2, 0.25) is 0 Å². The number of halogens is 1. The van der Waals surface area contributed by atoms with Gasteiger partial charge in [0.15, 0.2) is 11.6 Å². The minimum atomic E-state index is -0.331. The van der Waals surface area contributed by atoms with E-state index < -0.39 is 0 Å². The van der Waals surface area contributed by atoms with Crippen LogP contribution >= 0.6 is 0 Å². The zero-order valence-corrected chi connectivity index (χ0v) is 13.4. The summed E-state index contributed by atoms with van der Waals surface area (Å²) in [7, 11) is 0. The highest BCUT2D eigenvalue weighted by Crippen LogP contribution is 2.20. The van der Waals surface area contributed by atoms with Crippen molar-refractivity contribution in [1.82, 2.24) is 25.2 Å². The first-order chi connectivity index (χ1) is 11.7. The van der Waals surface area contributed by atoms with E-state index in [1.807, 2.05) is 15.7 Å². The van der Waals surface area contributed by atoms with E-state index in [4.69, 9.17) is 0 Å². The lowest BCUT2D eigenvalue weighted by atomic mass is 10.3. The molecule has 3 heterocycles. The van der Waals surface area contributed by atoms with E-state index in [1.165, 1.54) is 6.07 Å². The van der Waals surface area contributed by atoms with Crippen molar-refractivity contribution in [2.75, 3.05) is 24.5 Å². The molecule has 0 aliphatic carbocycles. The maximum Gasteiger partial charge on any atom is 0.315 e. The van der Waals surface area contributed by atoms with Crippen molar-refractivity contribution in [3.63, 3.8) is 0 Å². The number of urea groups is 1. The van der Waals surface area contributed by atoms with Crippen LogP contribution in [0.15, 0.2) is 37.1 Å². The molecule has 0 radical (unpaired) electrons. The minimum Gasteiger partial charge on any atom is -0.352 e. The molecule has 2 N–H and O–H groups in total. The number of imidazole rings is 1. The van der Waals surface area contributed by atoms with E-state index in [9.17, 15) is 9.18 Å². The number of amides is 2. The molecule has 0 saturated carbocycles. The van der Waals surface area contributed by atoms with E-state index >= 15 is 0 Å². The van der Waals surface area contributed by atoms with Gasteiger partial charge in [0.05, 0.1) is 6.33 Å². The number of anilines is 1. The molecule has 24 heavy (non-hydrogen) atoms. The lowest BCUT2D eigenvalue weighted by Crippen LogP contribution is -2.43. The Morgan fingerprint density at radius 1 is 1.42 bits per heavy atom. The highest BCUT2D eigenvalue weighted by Gasteiger charge is 2.26. The smallest absolute Gasteiger partial charge is 0.315 e. The summed E-state index contributed by atoms with van der Waals surface area (Å²) < 4.78 is 15.7. The second-order valence-electron chi connectivity index (χ2n) is 5.79. The molecule has 128 valence electrons. The second kappa shape index (κ2) is 7.76. The fourth-order valence-corrected chi connectivity index (χ4v) is 2.80. The zero-order valence-electron chi connectivity index (χ0n) is 13.4. The van der Waals surface area contributed by atoms with Gasteiger partial charge in [-0.05, 0) is 25.0 Å². The Morgan fingerprint density at radius 3 is 3.12 bits per heavy atom. The van der Waals surface area contributed by atoms with Crippen LogP contribution in [-0.4, -0.2) is 46.2 Å². The van der Waals surface area contributed by atoms with Crippen LogP contribution in [0.5, 0.6) is 0 Å². The summed E-state index contributed by atoms with van der Waals surface area (Å²) >= 11 is 0. The molecule has 2 aromatic heterocycles. The van der Waals surface area contributed by atoms with Gasteiger partial charge in [-0.25, -0.2) is 19.2 Å². The topological polar surface area (TPSA) is 75.1 Å². The first kappa shape index (κ1) is 16.2. The number of nitrogens with one attached hydrogen (secondary N) is 2. The third kappa shape index (κ3) is 4.21. The van der Waals surface area contributed by atoms with Gasteiger partial charge in [-0.15, -0.1) is 0 Å². The van der Waals surface area contributed by atoms with Gasteiger partial charge >= 0.3 is 6.03 Å². The molecule has 2 aromatic rings. The van der Waals surface area contributed by atoms with Crippen molar-refractivity contribution >= 4 is 11.8 Å². The van der Waals surface area contributed by atoms with Crippen LogP contribution in [0.4, 0.5) is 15.0 Å². The average Bonchev–Trinajstić information content (AvgIpc) is 3.24. The Bertz CT molecular complexity index is 662. The van der Waals surface area contributed by atoms with E-state index in [0.29, 0.717) is 25.5 Å². The molecule has 7 nitrogen and oxygen atoms in total. The van der Waals surface area contributed by atoms with Crippen LogP contribution in [-0.2, 0) is 6.54 Å². The number of pyridine rings is 1. The van der Waals surface area contributed by atoms with Gasteiger partial charge in [0.1, 0.15) is 0 Å². The lowest BCUT2D eigenvalue weighted by Gasteiger charge is -2.18. The van der Waals surface area contributed by atoms with E-state index in [-0.39, 0.29) is 17.9 Å². The van der Waals surface area contributed by atoms with Crippen molar-refractivity contribution in [3.8, 4) is 0 Å². The first-order valence-electron chi connectivity index (χ1n) is 8.08. The van der Waals surface area contributed by atoms with Crippen molar-refractivity contribution < 1.29 is 9.18 Å². The Kier molecular flexibility index (Phi) is 5.25. The second-order valence-corrected chi connectivity index (χ2v) is 5.79. The Hall–Kier alpha value is -2.64. The minimum absolute atomic E-state index is 0.0000508. The summed E-state index contributed by atoms with van der Waals surface area (Å²) in [4.78, 5) is 21.8. The zero-order chi connectivity index (χ0) is 16.8. The van der Waals surface area contributed by atoms with Crippen LogP contribution in [0.25, 0.3) is 0 Å². The van der Waals surface area contributed by atoms with Gasteiger partial charge < -0.3 is 20.1 Å². The fourth-order valence-electron chi connectivity index (χ4n) is 2.80. The maximum absolute atomic E-state index is 13.7. The Balaban J connectivity index is 1.37. The van der Waals surface area contributed by atoms with E-state index in [2.05, 4.69) is 20.6 Å². The molecule has 1 atom stereocenters. The molecular formula is C16H21FN6O. The highest BCUT2D eigenvalue weighted by molar-refractivity contribution is 5.74. The summed E-state index contributed by atoms with van der Waals surface area (Å²) in [6.07, 6.45) is 8.56. The van der Waals surface area contributed by atoms with Crippen molar-refractivity contribution in [2.24, 2.45) is 0 Å². The van der Waals surface area contributed by atoms with Gasteiger partial charge in [0, 0.05) is 50.8 Å². The average molecular weight is 332 g/mol. The predicted molar refractivity (Wildman–Crippen MR) is 88.2 cm³/mol. The number of nitrogens with zero attached hydrogens (tertiary/aromatic N) is 4. The predicted octanol–water partition coefficient (Wildman–Crippen LogP) is 1.39. The molecule has 0 aromatic carbocycles. The summed E-state index contributed by atoms with van der Waals surface area (Å²) in [5, 5.41) is 5.78. The van der Waals surface area contributed by atoms with Crippen molar-refractivity contribution in [3.05, 3.63) is 42.9 Å². The largest absolute Gasteiger partial charge is 0.352 e. The summed E-state index contributed by atoms with van der Waals surface area (Å²) in [5.41, 5.74) is 0. The lowest BCUT2D eigenvalue weighted by molar-refractivity contribution is 0.237. The van der Waals surface area contributed by atoms with E-state index in [1.54, 1.807) is 24.8 Å². The Labute approximate surface area is 139 Å². The molecule has 1 unspecified atom stereocenters. The number of aryl methyl sites for hydroxylation is 1. The number of aromatic nitrogens is 3. The number of rotatable bonds is 6. The number of hydrogen-bond donors (Lipinski definition) is 2. The van der Waals surface area contributed by atoms with Crippen LogP contribution in [0.3, 0.4) is 0 Å². The van der Waals surface area contributed by atoms with Crippen LogP contribution < -0.4 is 15.5 Å². The monoisotopic (exact) mass is 332 g/mol. The fraction of sp³-hybridized carbons (Fsp3) is 0.438. The molecule has 3 rings (SSSR count). The number of hydrogen-bond acceptors (Lipinski definition) is 4. The van der Waals surface area contributed by atoms with E-state index in [0.717, 1.165) is 19.4 Å². The molecular weight excluding hydrogens is 311 g/mol. The summed E-state index contributed by atoms with van der Waals surface area (Å²) in [6, 6.07) is 2.78. The van der Waals surface area contributed by atoms with Crippen molar-refractivity contribution in [1.29, 1.82) is 0 Å². The molecule has 0 bridgehead atoms. The molecule has 1 fully saturated rings. The van der Waals surface area contributed by atoms with Gasteiger partial charge in [0.25, 0.3) is 0 Å². The molecule has 1 saturated heterocycles. The highest BCUT2D eigenvalue weighted by atomic mass is 19.1. The van der Waals surface area contributed by atoms with Crippen molar-refractivity contribution in [2.45, 2.75) is 25.4 Å². The normalized spacial score (nSPS) is 17.0. The van der Waals surface area contributed by atoms with Crippen LogP contribution in [0.1, 0.15) is 12.8 Å². The molecule has 2 amide bonds. The molecule has 8 heteroatoms. The van der Waals surface area contributed by atoms with Gasteiger partial charge in [-0.3, -0.25) is 0 Å². The molecule has 0 spiro atoms. The number of carbonyl (C=O) groups excluding carboxylic acids is 1. The Morgan fingerprint density at radius 2 is 2.33 bits per heavy atom. The standard InChI is InChI=1S/C16H21FN6O/c17-14-3-1-5-19-15(14)23-9-4-13(11-23)21-16(24)20-6-2-8-22-10-7-18-12-22/h1,3,5,7,10,12-13H,2,4,6,8-9,11H2,(H2,20,21,24). The third-order valence-corrected chi connectivity index (χ3v) is 4.00. The van der Waals surface area contributed by atoms with Crippen LogP contribution in [0.2, 0.25) is 0 Å². The number of carbonyl (C=O) groups is 1. The SMILES string of the molecule is O=C(NCCCn1ccnc1)NC1CCN(c2ncccc2F)C1. The van der Waals surface area contributed by atoms with Gasteiger partial charge in [-0.2, -0.15) is 0 Å². The van der Waals surface area contributed by atoms with Crippen LogP contribution in [0, 0.1) is 5.82 Å². The summed E-state index contributed by atoms with van der Waals surface area (Å²) in [6.45, 7) is 2.65.